The normalized spacial score (nSPS) is 26.0. The first kappa shape index (κ1) is 14.3. The summed E-state index contributed by atoms with van der Waals surface area (Å²) in [7, 11) is 0. The second-order valence-corrected chi connectivity index (χ2v) is 6.04. The Hall–Kier alpha value is -1.62. The molecule has 114 valence electrons. The standard InChI is InChI=1S/C16H24N4O/c1-2-17-15-5-3-4-13(18-15)11-20-9-8-14-12(10-20)6-7-16(21)19-14/h3-5,12,14H,2,6-11H2,1H3,(H,17,18)(H,19,21). The highest BCUT2D eigenvalue weighted by molar-refractivity contribution is 5.77. The Bertz CT molecular complexity index is 505. The molecule has 2 N–H and O–H groups in total. The summed E-state index contributed by atoms with van der Waals surface area (Å²) in [5.41, 5.74) is 1.12. The Morgan fingerprint density at radius 1 is 1.43 bits per heavy atom. The number of rotatable bonds is 4. The van der Waals surface area contributed by atoms with Crippen molar-refractivity contribution >= 4 is 11.7 Å². The van der Waals surface area contributed by atoms with Crippen LogP contribution in [0.4, 0.5) is 5.82 Å². The van der Waals surface area contributed by atoms with Crippen LogP contribution in [-0.2, 0) is 11.3 Å². The summed E-state index contributed by atoms with van der Waals surface area (Å²) in [4.78, 5) is 18.6. The Kier molecular flexibility index (Phi) is 4.39. The van der Waals surface area contributed by atoms with Gasteiger partial charge < -0.3 is 10.6 Å². The van der Waals surface area contributed by atoms with E-state index >= 15 is 0 Å². The Balaban J connectivity index is 1.59. The number of amides is 1. The lowest BCUT2D eigenvalue weighted by Crippen LogP contribution is -2.53. The van der Waals surface area contributed by atoms with Gasteiger partial charge in [-0.1, -0.05) is 6.07 Å². The fourth-order valence-corrected chi connectivity index (χ4v) is 3.41. The smallest absolute Gasteiger partial charge is 0.220 e. The Morgan fingerprint density at radius 2 is 2.33 bits per heavy atom. The average Bonchev–Trinajstić information content (AvgIpc) is 2.48. The van der Waals surface area contributed by atoms with E-state index in [1.165, 1.54) is 0 Å². The molecule has 3 heterocycles. The summed E-state index contributed by atoms with van der Waals surface area (Å²) in [5.74, 6) is 1.79. The van der Waals surface area contributed by atoms with Gasteiger partial charge in [0, 0.05) is 38.6 Å². The van der Waals surface area contributed by atoms with Crippen molar-refractivity contribution in [2.45, 2.75) is 38.8 Å². The highest BCUT2D eigenvalue weighted by atomic mass is 16.1. The van der Waals surface area contributed by atoms with Gasteiger partial charge >= 0.3 is 0 Å². The summed E-state index contributed by atoms with van der Waals surface area (Å²) in [6, 6.07) is 6.56. The SMILES string of the molecule is CCNc1cccc(CN2CCC3NC(=O)CCC3C2)n1. The van der Waals surface area contributed by atoms with E-state index in [1.807, 2.05) is 6.07 Å². The predicted molar refractivity (Wildman–Crippen MR) is 82.9 cm³/mol. The third-order valence-corrected chi connectivity index (χ3v) is 4.46. The topological polar surface area (TPSA) is 57.3 Å². The molecule has 2 unspecified atom stereocenters. The molecule has 1 aromatic rings. The molecule has 0 aliphatic carbocycles. The van der Waals surface area contributed by atoms with Gasteiger partial charge in [0.25, 0.3) is 0 Å². The molecule has 2 saturated heterocycles. The minimum absolute atomic E-state index is 0.227. The highest BCUT2D eigenvalue weighted by Gasteiger charge is 2.33. The van der Waals surface area contributed by atoms with Gasteiger partial charge in [-0.25, -0.2) is 4.98 Å². The van der Waals surface area contributed by atoms with Crippen LogP contribution >= 0.6 is 0 Å². The van der Waals surface area contributed by atoms with Gasteiger partial charge in [0.2, 0.25) is 5.91 Å². The number of carbonyl (C=O) groups is 1. The van der Waals surface area contributed by atoms with Crippen molar-refractivity contribution < 1.29 is 4.79 Å². The summed E-state index contributed by atoms with van der Waals surface area (Å²) < 4.78 is 0. The van der Waals surface area contributed by atoms with Crippen molar-refractivity contribution in [1.82, 2.24) is 15.2 Å². The van der Waals surface area contributed by atoms with Crippen molar-refractivity contribution in [3.63, 3.8) is 0 Å². The first-order valence-corrected chi connectivity index (χ1v) is 7.96. The molecule has 0 bridgehead atoms. The van der Waals surface area contributed by atoms with Gasteiger partial charge in [0.15, 0.2) is 0 Å². The van der Waals surface area contributed by atoms with E-state index in [9.17, 15) is 4.79 Å². The van der Waals surface area contributed by atoms with Crippen LogP contribution < -0.4 is 10.6 Å². The van der Waals surface area contributed by atoms with Gasteiger partial charge in [-0.15, -0.1) is 0 Å². The van der Waals surface area contributed by atoms with Crippen molar-refractivity contribution in [3.05, 3.63) is 23.9 Å². The molecule has 0 spiro atoms. The Labute approximate surface area is 126 Å². The fraction of sp³-hybridized carbons (Fsp3) is 0.625. The molecule has 3 rings (SSSR count). The van der Waals surface area contributed by atoms with Crippen LogP contribution in [0.2, 0.25) is 0 Å². The average molecular weight is 288 g/mol. The Morgan fingerprint density at radius 3 is 3.19 bits per heavy atom. The number of anilines is 1. The molecule has 1 amide bonds. The molecular weight excluding hydrogens is 264 g/mol. The van der Waals surface area contributed by atoms with E-state index in [-0.39, 0.29) is 5.91 Å². The van der Waals surface area contributed by atoms with Gasteiger partial charge in [-0.2, -0.15) is 0 Å². The van der Waals surface area contributed by atoms with Crippen LogP contribution in [0.3, 0.4) is 0 Å². The van der Waals surface area contributed by atoms with Crippen molar-refractivity contribution in [2.75, 3.05) is 25.0 Å². The summed E-state index contributed by atoms with van der Waals surface area (Å²) >= 11 is 0. The lowest BCUT2D eigenvalue weighted by Gasteiger charge is -2.41. The van der Waals surface area contributed by atoms with E-state index in [2.05, 4.69) is 39.6 Å². The van der Waals surface area contributed by atoms with E-state index in [1.54, 1.807) is 0 Å². The molecule has 0 saturated carbocycles. The molecule has 1 aromatic heterocycles. The molecule has 0 radical (unpaired) electrons. The van der Waals surface area contributed by atoms with Gasteiger partial charge in [0.1, 0.15) is 5.82 Å². The number of nitrogens with zero attached hydrogens (tertiary/aromatic N) is 2. The molecule has 2 aliphatic heterocycles. The maximum Gasteiger partial charge on any atom is 0.220 e. The zero-order chi connectivity index (χ0) is 14.7. The van der Waals surface area contributed by atoms with Crippen LogP contribution in [-0.4, -0.2) is 41.5 Å². The summed E-state index contributed by atoms with van der Waals surface area (Å²) in [6.45, 7) is 5.98. The zero-order valence-corrected chi connectivity index (χ0v) is 12.6. The van der Waals surface area contributed by atoms with Gasteiger partial charge in [0.05, 0.1) is 5.69 Å². The second kappa shape index (κ2) is 6.43. The van der Waals surface area contributed by atoms with E-state index < -0.39 is 0 Å². The maximum absolute atomic E-state index is 11.4. The van der Waals surface area contributed by atoms with E-state index in [4.69, 9.17) is 0 Å². The highest BCUT2D eigenvalue weighted by Crippen LogP contribution is 2.26. The zero-order valence-electron chi connectivity index (χ0n) is 12.6. The first-order chi connectivity index (χ1) is 10.2. The monoisotopic (exact) mass is 288 g/mol. The molecule has 5 heteroatoms. The number of pyridine rings is 1. The predicted octanol–water partition coefficient (Wildman–Crippen LogP) is 1.61. The van der Waals surface area contributed by atoms with Crippen LogP contribution in [0.15, 0.2) is 18.2 Å². The minimum Gasteiger partial charge on any atom is -0.370 e. The molecule has 2 atom stereocenters. The number of piperidine rings is 2. The summed E-state index contributed by atoms with van der Waals surface area (Å²) in [5, 5.41) is 6.40. The van der Waals surface area contributed by atoms with Crippen LogP contribution in [0.25, 0.3) is 0 Å². The number of hydrogen-bond acceptors (Lipinski definition) is 4. The molecule has 5 nitrogen and oxygen atoms in total. The third kappa shape index (κ3) is 3.53. The largest absolute Gasteiger partial charge is 0.370 e. The number of aromatic nitrogens is 1. The van der Waals surface area contributed by atoms with Crippen molar-refractivity contribution in [1.29, 1.82) is 0 Å². The van der Waals surface area contributed by atoms with Crippen LogP contribution in [0.5, 0.6) is 0 Å². The number of hydrogen-bond donors (Lipinski definition) is 2. The number of nitrogens with one attached hydrogen (secondary N) is 2. The quantitative estimate of drug-likeness (QED) is 0.884. The molecule has 0 aromatic carbocycles. The number of carbonyl (C=O) groups excluding carboxylic acids is 1. The lowest BCUT2D eigenvalue weighted by molar-refractivity contribution is -0.125. The fourth-order valence-electron chi connectivity index (χ4n) is 3.41. The second-order valence-electron chi connectivity index (χ2n) is 6.04. The van der Waals surface area contributed by atoms with Crippen molar-refractivity contribution in [2.24, 2.45) is 5.92 Å². The van der Waals surface area contributed by atoms with E-state index in [0.29, 0.717) is 18.4 Å². The molecule has 21 heavy (non-hydrogen) atoms. The lowest BCUT2D eigenvalue weighted by atomic mass is 9.85. The third-order valence-electron chi connectivity index (χ3n) is 4.46. The molecular formula is C16H24N4O. The van der Waals surface area contributed by atoms with Crippen LogP contribution in [0, 0.1) is 5.92 Å². The van der Waals surface area contributed by atoms with Crippen molar-refractivity contribution in [3.8, 4) is 0 Å². The number of fused-ring (bicyclic) bond motifs is 1. The first-order valence-electron chi connectivity index (χ1n) is 7.96. The van der Waals surface area contributed by atoms with Crippen LogP contribution in [0.1, 0.15) is 31.9 Å². The van der Waals surface area contributed by atoms with Gasteiger partial charge in [-0.3, -0.25) is 9.69 Å². The minimum atomic E-state index is 0.227. The maximum atomic E-state index is 11.4. The number of likely N-dealkylation sites (tertiary alicyclic amines) is 1. The van der Waals surface area contributed by atoms with Gasteiger partial charge in [-0.05, 0) is 37.8 Å². The molecule has 2 fully saturated rings. The van der Waals surface area contributed by atoms with E-state index in [0.717, 1.165) is 50.5 Å². The molecule has 2 aliphatic rings. The summed E-state index contributed by atoms with van der Waals surface area (Å²) in [6.07, 6.45) is 2.77.